The molecule has 2 unspecified atom stereocenters. The van der Waals surface area contributed by atoms with E-state index >= 15 is 0 Å². The van der Waals surface area contributed by atoms with Gasteiger partial charge in [-0.3, -0.25) is 0 Å². The molecule has 1 rings (SSSR count). The van der Waals surface area contributed by atoms with Crippen molar-refractivity contribution in [1.82, 2.24) is 0 Å². The summed E-state index contributed by atoms with van der Waals surface area (Å²) >= 11 is 0. The van der Waals surface area contributed by atoms with Crippen LogP contribution in [-0.4, -0.2) is 18.0 Å². The van der Waals surface area contributed by atoms with Crippen molar-refractivity contribution >= 4 is 13.2 Å². The van der Waals surface area contributed by atoms with Crippen molar-refractivity contribution in [2.45, 2.75) is 38.5 Å². The van der Waals surface area contributed by atoms with Crippen LogP contribution in [0, 0.1) is 17.6 Å². The van der Waals surface area contributed by atoms with Gasteiger partial charge < -0.3 is 0 Å². The largest absolute Gasteiger partial charge is 0.457 e. The van der Waals surface area contributed by atoms with Crippen LogP contribution >= 0.6 is 7.92 Å². The normalized spacial score (nSPS) is 15.7. The van der Waals surface area contributed by atoms with Crippen LogP contribution in [0.25, 0.3) is 0 Å². The summed E-state index contributed by atoms with van der Waals surface area (Å²) in [5, 5.41) is -0.875. The summed E-state index contributed by atoms with van der Waals surface area (Å²) in [6, 6.07) is 1.71. The molecule has 0 nitrogen and oxygen atoms in total. The van der Waals surface area contributed by atoms with Gasteiger partial charge in [0, 0.05) is 13.2 Å². The number of hydrogen-bond donors (Lipinski definition) is 0. The molecule has 0 saturated carbocycles. The first-order chi connectivity index (χ1) is 10.0. The summed E-state index contributed by atoms with van der Waals surface area (Å²) in [4.78, 5) is 0. The smallest absolute Gasteiger partial charge is 0.207 e. The Hall–Kier alpha value is -0.840. The van der Waals surface area contributed by atoms with Crippen LogP contribution in [0.3, 0.4) is 0 Å². The first-order valence-electron chi connectivity index (χ1n) is 6.68. The van der Waals surface area contributed by atoms with Crippen molar-refractivity contribution < 1.29 is 30.7 Å². The highest BCUT2D eigenvalue weighted by Gasteiger charge is 2.63. The molecule has 1 aromatic carbocycles. The third-order valence-corrected chi connectivity index (χ3v) is 6.00. The summed E-state index contributed by atoms with van der Waals surface area (Å²) < 4.78 is 92.6. The molecule has 8 heteroatoms. The second-order valence-corrected chi connectivity index (χ2v) is 7.40. The van der Waals surface area contributed by atoms with Crippen LogP contribution in [0.4, 0.5) is 30.7 Å². The second kappa shape index (κ2) is 7.16. The van der Waals surface area contributed by atoms with E-state index in [0.29, 0.717) is 31.0 Å². The van der Waals surface area contributed by atoms with Crippen LogP contribution in [0.1, 0.15) is 26.7 Å². The fourth-order valence-corrected chi connectivity index (χ4v) is 4.56. The predicted octanol–water partition coefficient (Wildman–Crippen LogP) is 5.66. The maximum atomic E-state index is 13.8. The minimum atomic E-state index is -5.80. The molecule has 0 aliphatic carbocycles. The van der Waals surface area contributed by atoms with Crippen molar-refractivity contribution in [3.8, 4) is 0 Å². The Morgan fingerprint density at radius 2 is 1.68 bits per heavy atom. The lowest BCUT2D eigenvalue weighted by atomic mass is 10.1. The number of alkyl halides is 5. The molecular formula is C14H16F7P. The zero-order chi connectivity index (χ0) is 17.1. The van der Waals surface area contributed by atoms with Crippen molar-refractivity contribution in [3.05, 3.63) is 29.8 Å². The zero-order valence-corrected chi connectivity index (χ0v) is 12.9. The minimum Gasteiger partial charge on any atom is -0.207 e. The van der Waals surface area contributed by atoms with E-state index in [-0.39, 0.29) is 0 Å². The Kier molecular flexibility index (Phi) is 6.25. The molecular weight excluding hydrogens is 332 g/mol. The molecule has 0 bridgehead atoms. The molecule has 0 amide bonds. The van der Waals surface area contributed by atoms with Gasteiger partial charge in [-0.25, -0.2) is 8.78 Å². The highest BCUT2D eigenvalue weighted by molar-refractivity contribution is 7.66. The molecule has 1 aromatic rings. The number of hydrogen-bond acceptors (Lipinski definition) is 0. The fourth-order valence-electron chi connectivity index (χ4n) is 2.11. The van der Waals surface area contributed by atoms with Crippen molar-refractivity contribution in [2.75, 3.05) is 6.16 Å². The summed E-state index contributed by atoms with van der Waals surface area (Å²) in [5.74, 6) is -2.72. The van der Waals surface area contributed by atoms with Gasteiger partial charge >= 0.3 is 11.8 Å². The van der Waals surface area contributed by atoms with Crippen LogP contribution in [0.2, 0.25) is 0 Å². The molecule has 126 valence electrons. The van der Waals surface area contributed by atoms with Crippen LogP contribution < -0.4 is 5.30 Å². The van der Waals surface area contributed by atoms with Crippen LogP contribution in [-0.2, 0) is 0 Å². The number of halogens is 7. The quantitative estimate of drug-likeness (QED) is 0.459. The predicted molar refractivity (Wildman–Crippen MR) is 72.9 cm³/mol. The van der Waals surface area contributed by atoms with E-state index in [2.05, 4.69) is 0 Å². The van der Waals surface area contributed by atoms with Gasteiger partial charge in [0.15, 0.2) is 0 Å². The fraction of sp³-hybridized carbons (Fsp3) is 0.571. The molecule has 0 spiro atoms. The van der Waals surface area contributed by atoms with Gasteiger partial charge in [0.25, 0.3) is 0 Å². The van der Waals surface area contributed by atoms with Gasteiger partial charge in [-0.2, -0.15) is 22.0 Å². The summed E-state index contributed by atoms with van der Waals surface area (Å²) in [5.41, 5.74) is -5.07. The maximum absolute atomic E-state index is 13.8. The van der Waals surface area contributed by atoms with Crippen molar-refractivity contribution in [1.29, 1.82) is 0 Å². The van der Waals surface area contributed by atoms with E-state index < -0.39 is 48.8 Å². The summed E-state index contributed by atoms with van der Waals surface area (Å²) in [6.07, 6.45) is -5.28. The Labute approximate surface area is 125 Å². The SMILES string of the molecule is CCCC(C)CP(c1cc(F)ccc1F)C(F)(F)C(F)(F)F. The molecule has 0 aliphatic rings. The third kappa shape index (κ3) is 4.34. The lowest BCUT2D eigenvalue weighted by Gasteiger charge is -2.31. The first-order valence-corrected chi connectivity index (χ1v) is 8.20. The Bertz CT molecular complexity index is 498. The van der Waals surface area contributed by atoms with E-state index in [1.165, 1.54) is 6.92 Å². The maximum Gasteiger partial charge on any atom is 0.457 e. The Morgan fingerprint density at radius 3 is 2.18 bits per heavy atom. The summed E-state index contributed by atoms with van der Waals surface area (Å²) in [6.45, 7) is 3.30. The molecule has 22 heavy (non-hydrogen) atoms. The lowest BCUT2D eigenvalue weighted by molar-refractivity contribution is -0.240. The molecule has 0 fully saturated rings. The van der Waals surface area contributed by atoms with E-state index in [0.717, 1.165) is 0 Å². The van der Waals surface area contributed by atoms with Crippen LogP contribution in [0.15, 0.2) is 18.2 Å². The monoisotopic (exact) mass is 348 g/mol. The summed E-state index contributed by atoms with van der Waals surface area (Å²) in [7, 11) is -3.25. The molecule has 0 radical (unpaired) electrons. The molecule has 0 heterocycles. The van der Waals surface area contributed by atoms with E-state index in [4.69, 9.17) is 0 Å². The first kappa shape index (κ1) is 19.2. The van der Waals surface area contributed by atoms with Gasteiger partial charge in [-0.1, -0.05) is 26.7 Å². The molecule has 2 atom stereocenters. The zero-order valence-electron chi connectivity index (χ0n) is 12.0. The van der Waals surface area contributed by atoms with Crippen molar-refractivity contribution in [3.63, 3.8) is 0 Å². The second-order valence-electron chi connectivity index (χ2n) is 5.14. The van der Waals surface area contributed by atoms with E-state index in [1.54, 1.807) is 6.92 Å². The average Bonchev–Trinajstić information content (AvgIpc) is 2.38. The molecule has 0 saturated heterocycles. The highest BCUT2D eigenvalue weighted by atomic mass is 31.1. The Morgan fingerprint density at radius 1 is 1.09 bits per heavy atom. The number of benzene rings is 1. The number of rotatable bonds is 6. The highest BCUT2D eigenvalue weighted by Crippen LogP contribution is 2.60. The van der Waals surface area contributed by atoms with E-state index in [1.807, 2.05) is 0 Å². The van der Waals surface area contributed by atoms with Gasteiger partial charge in [0.2, 0.25) is 0 Å². The van der Waals surface area contributed by atoms with Gasteiger partial charge in [0.1, 0.15) is 11.6 Å². The van der Waals surface area contributed by atoms with Crippen molar-refractivity contribution in [2.24, 2.45) is 5.92 Å². The average molecular weight is 348 g/mol. The minimum absolute atomic E-state index is 0.434. The van der Waals surface area contributed by atoms with E-state index in [9.17, 15) is 30.7 Å². The Balaban J connectivity index is 3.30. The molecule has 0 N–H and O–H groups in total. The third-order valence-electron chi connectivity index (χ3n) is 3.15. The van der Waals surface area contributed by atoms with Gasteiger partial charge in [-0.05, 0) is 30.3 Å². The molecule has 0 aromatic heterocycles. The standard InChI is InChI=1S/C14H16F7P/c1-3-4-9(2)8-22(14(20,21)13(17,18)19)12-7-10(15)5-6-11(12)16/h5-7,9H,3-4,8H2,1-2H3. The topological polar surface area (TPSA) is 0 Å². The molecule has 0 aliphatic heterocycles. The van der Waals surface area contributed by atoms with Gasteiger partial charge in [0.05, 0.1) is 0 Å². The van der Waals surface area contributed by atoms with Crippen LogP contribution in [0.5, 0.6) is 0 Å². The van der Waals surface area contributed by atoms with Gasteiger partial charge in [-0.15, -0.1) is 0 Å². The lowest BCUT2D eigenvalue weighted by Crippen LogP contribution is -2.39.